The molecule has 1 atom stereocenters. The van der Waals surface area contributed by atoms with Crippen LogP contribution >= 0.6 is 11.8 Å². The maximum absolute atomic E-state index is 12.3. The molecule has 0 fully saturated rings. The van der Waals surface area contributed by atoms with E-state index in [2.05, 4.69) is 30.3 Å². The zero-order valence-electron chi connectivity index (χ0n) is 18.2. The van der Waals surface area contributed by atoms with E-state index in [1.807, 2.05) is 34.9 Å². The molecule has 1 amide bonds. The van der Waals surface area contributed by atoms with Gasteiger partial charge in [-0.1, -0.05) is 57.2 Å². The molecule has 0 aromatic carbocycles. The zero-order valence-corrected chi connectivity index (χ0v) is 19.1. The van der Waals surface area contributed by atoms with Crippen LogP contribution in [0.3, 0.4) is 0 Å². The van der Waals surface area contributed by atoms with Crippen LogP contribution in [0, 0.1) is 0 Å². The van der Waals surface area contributed by atoms with Crippen LogP contribution in [0.4, 0.5) is 5.82 Å². The normalized spacial score (nSPS) is 12.4. The molecule has 0 spiro atoms. The Labute approximate surface area is 177 Å². The van der Waals surface area contributed by atoms with Crippen molar-refractivity contribution in [2.45, 2.75) is 90.5 Å². The number of carbonyl (C=O) groups excluding carboxylic acids is 1. The minimum atomic E-state index is 0.0865. The summed E-state index contributed by atoms with van der Waals surface area (Å²) in [6.07, 6.45) is 22.2. The lowest BCUT2D eigenvalue weighted by Gasteiger charge is -2.30. The molecule has 0 radical (unpaired) electrons. The highest BCUT2D eigenvalue weighted by Gasteiger charge is 2.22. The molecule has 1 rings (SSSR count). The van der Waals surface area contributed by atoms with E-state index in [0.717, 1.165) is 37.3 Å². The summed E-state index contributed by atoms with van der Waals surface area (Å²) in [6.45, 7) is 3.92. The summed E-state index contributed by atoms with van der Waals surface area (Å²) in [4.78, 5) is 18.6. The lowest BCUT2D eigenvalue weighted by molar-refractivity contribution is -0.117. The molecule has 0 aliphatic rings. The van der Waals surface area contributed by atoms with Crippen molar-refractivity contribution in [3.05, 3.63) is 36.5 Å². The number of thioether (sulfide) groups is 1. The van der Waals surface area contributed by atoms with E-state index >= 15 is 0 Å². The van der Waals surface area contributed by atoms with E-state index in [9.17, 15) is 4.79 Å². The fourth-order valence-corrected chi connectivity index (χ4v) is 4.02. The molecule has 0 saturated heterocycles. The Hall–Kier alpha value is -1.29. The topological polar surface area (TPSA) is 33.2 Å². The van der Waals surface area contributed by atoms with Gasteiger partial charge in [-0.15, -0.1) is 0 Å². The van der Waals surface area contributed by atoms with Gasteiger partial charge in [0.15, 0.2) is 0 Å². The van der Waals surface area contributed by atoms with Gasteiger partial charge in [-0.2, -0.15) is 11.8 Å². The average molecular weight is 405 g/mol. The predicted octanol–water partition coefficient (Wildman–Crippen LogP) is 7.03. The molecule has 3 nitrogen and oxygen atoms in total. The number of anilines is 1. The molecule has 0 bridgehead atoms. The van der Waals surface area contributed by atoms with Crippen molar-refractivity contribution in [3.63, 3.8) is 0 Å². The molecule has 1 unspecified atom stereocenters. The molecule has 4 heteroatoms. The third-order valence-electron chi connectivity index (χ3n) is 5.05. The van der Waals surface area contributed by atoms with E-state index in [4.69, 9.17) is 0 Å². The van der Waals surface area contributed by atoms with Gasteiger partial charge in [-0.25, -0.2) is 4.98 Å². The second kappa shape index (κ2) is 16.6. The smallest absolute Gasteiger partial charge is 0.225 e. The van der Waals surface area contributed by atoms with Crippen LogP contribution in [-0.4, -0.2) is 28.9 Å². The fourth-order valence-electron chi connectivity index (χ4n) is 3.51. The molecule has 0 aliphatic carbocycles. The van der Waals surface area contributed by atoms with E-state index in [-0.39, 0.29) is 11.9 Å². The minimum absolute atomic E-state index is 0.0865. The van der Waals surface area contributed by atoms with Crippen LogP contribution in [0.15, 0.2) is 36.5 Å². The SMILES string of the molecule is CCCCCCCC/C=C\CCCC(CCSC)N(C(C)=O)c1ccccn1. The number of aromatic nitrogens is 1. The van der Waals surface area contributed by atoms with Crippen molar-refractivity contribution in [1.82, 2.24) is 4.98 Å². The Morgan fingerprint density at radius 1 is 1.07 bits per heavy atom. The zero-order chi connectivity index (χ0) is 20.5. The average Bonchev–Trinajstić information content (AvgIpc) is 2.70. The first-order valence-electron chi connectivity index (χ1n) is 11.1. The lowest BCUT2D eigenvalue weighted by Crippen LogP contribution is -2.40. The van der Waals surface area contributed by atoms with Gasteiger partial charge in [0.2, 0.25) is 5.91 Å². The van der Waals surface area contributed by atoms with E-state index in [1.165, 1.54) is 44.9 Å². The standard InChI is InChI=1S/C24H40N2OS/c1-4-5-6-7-8-9-10-11-12-13-14-17-23(19-21-28-3)26(22(2)27)24-18-15-16-20-25-24/h11-12,15-16,18,20,23H,4-10,13-14,17,19,21H2,1-3H3/b12-11-. The third kappa shape index (κ3) is 10.9. The summed E-state index contributed by atoms with van der Waals surface area (Å²) in [6, 6.07) is 6.02. The Kier molecular flexibility index (Phi) is 14.7. The quantitative estimate of drug-likeness (QED) is 0.219. The number of hydrogen-bond donors (Lipinski definition) is 0. The molecule has 1 aromatic heterocycles. The number of nitrogens with zero attached hydrogens (tertiary/aromatic N) is 2. The molecule has 0 aliphatic heterocycles. The molecule has 0 N–H and O–H groups in total. The van der Waals surface area contributed by atoms with Gasteiger partial charge in [0.05, 0.1) is 0 Å². The Balaban J connectivity index is 2.40. The van der Waals surface area contributed by atoms with Crippen molar-refractivity contribution in [1.29, 1.82) is 0 Å². The summed E-state index contributed by atoms with van der Waals surface area (Å²) in [5.41, 5.74) is 0. The van der Waals surface area contributed by atoms with Crippen LogP contribution in [0.25, 0.3) is 0 Å². The largest absolute Gasteiger partial charge is 0.294 e. The summed E-state index contributed by atoms with van der Waals surface area (Å²) in [5.74, 6) is 1.93. The highest BCUT2D eigenvalue weighted by Crippen LogP contribution is 2.21. The highest BCUT2D eigenvalue weighted by molar-refractivity contribution is 7.98. The van der Waals surface area contributed by atoms with Gasteiger partial charge < -0.3 is 0 Å². The summed E-state index contributed by atoms with van der Waals surface area (Å²) in [7, 11) is 0. The maximum Gasteiger partial charge on any atom is 0.225 e. The van der Waals surface area contributed by atoms with Gasteiger partial charge in [-0.05, 0) is 62.7 Å². The molecule has 158 valence electrons. The summed E-state index contributed by atoms with van der Waals surface area (Å²) in [5, 5.41) is 0. The van der Waals surface area contributed by atoms with Gasteiger partial charge in [0, 0.05) is 19.2 Å². The number of allylic oxidation sites excluding steroid dienone is 2. The first-order chi connectivity index (χ1) is 13.7. The third-order valence-corrected chi connectivity index (χ3v) is 5.70. The van der Waals surface area contributed by atoms with Crippen molar-refractivity contribution in [2.75, 3.05) is 16.9 Å². The number of amides is 1. The molecular formula is C24H40N2OS. The molecule has 1 heterocycles. The highest BCUT2D eigenvalue weighted by atomic mass is 32.2. The van der Waals surface area contributed by atoms with E-state index < -0.39 is 0 Å². The van der Waals surface area contributed by atoms with Crippen LogP contribution in [0.2, 0.25) is 0 Å². The minimum Gasteiger partial charge on any atom is -0.294 e. The van der Waals surface area contributed by atoms with Crippen LogP contribution in [0.5, 0.6) is 0 Å². The van der Waals surface area contributed by atoms with Crippen LogP contribution in [-0.2, 0) is 4.79 Å². The molecule has 1 aromatic rings. The van der Waals surface area contributed by atoms with Gasteiger partial charge in [0.25, 0.3) is 0 Å². The van der Waals surface area contributed by atoms with Crippen molar-refractivity contribution >= 4 is 23.5 Å². The van der Waals surface area contributed by atoms with Gasteiger partial charge in [-0.3, -0.25) is 9.69 Å². The van der Waals surface area contributed by atoms with Crippen LogP contribution < -0.4 is 4.90 Å². The number of hydrogen-bond acceptors (Lipinski definition) is 3. The molecular weight excluding hydrogens is 364 g/mol. The molecule has 0 saturated carbocycles. The number of carbonyl (C=O) groups is 1. The second-order valence-corrected chi connectivity index (χ2v) is 8.46. The summed E-state index contributed by atoms with van der Waals surface area (Å²) >= 11 is 1.84. The maximum atomic E-state index is 12.3. The summed E-state index contributed by atoms with van der Waals surface area (Å²) < 4.78 is 0. The Bertz CT molecular complexity index is 533. The van der Waals surface area contributed by atoms with Crippen LogP contribution in [0.1, 0.15) is 84.5 Å². The number of rotatable bonds is 16. The number of pyridine rings is 1. The number of unbranched alkanes of at least 4 members (excludes halogenated alkanes) is 7. The van der Waals surface area contributed by atoms with E-state index in [1.54, 1.807) is 13.1 Å². The molecule has 28 heavy (non-hydrogen) atoms. The van der Waals surface area contributed by atoms with Crippen molar-refractivity contribution in [2.24, 2.45) is 0 Å². The second-order valence-electron chi connectivity index (χ2n) is 7.47. The fraction of sp³-hybridized carbons (Fsp3) is 0.667. The Morgan fingerprint density at radius 2 is 1.79 bits per heavy atom. The van der Waals surface area contributed by atoms with Crippen molar-refractivity contribution in [3.8, 4) is 0 Å². The first kappa shape index (κ1) is 24.7. The predicted molar refractivity (Wildman–Crippen MR) is 125 cm³/mol. The van der Waals surface area contributed by atoms with E-state index in [0.29, 0.717) is 0 Å². The van der Waals surface area contributed by atoms with Gasteiger partial charge in [0.1, 0.15) is 5.82 Å². The monoisotopic (exact) mass is 404 g/mol. The van der Waals surface area contributed by atoms with Crippen molar-refractivity contribution < 1.29 is 4.79 Å². The van der Waals surface area contributed by atoms with Gasteiger partial charge >= 0.3 is 0 Å². The lowest BCUT2D eigenvalue weighted by atomic mass is 10.0. The first-order valence-corrected chi connectivity index (χ1v) is 12.4. The Morgan fingerprint density at radius 3 is 2.43 bits per heavy atom.